The zero-order chi connectivity index (χ0) is 12.5. The number of hydrogen-bond acceptors (Lipinski definition) is 3. The zero-order valence-corrected chi connectivity index (χ0v) is 11.4. The summed E-state index contributed by atoms with van der Waals surface area (Å²) in [7, 11) is 0. The van der Waals surface area contributed by atoms with Crippen LogP contribution in [0.1, 0.15) is 13.8 Å². The van der Waals surface area contributed by atoms with Crippen LogP contribution in [0, 0.1) is 0 Å². The summed E-state index contributed by atoms with van der Waals surface area (Å²) in [4.78, 5) is 1.26. The van der Waals surface area contributed by atoms with E-state index in [1.54, 1.807) is 11.8 Å². The maximum atomic E-state index is 5.40. The van der Waals surface area contributed by atoms with Crippen LogP contribution in [0.5, 0.6) is 0 Å². The molecule has 0 fully saturated rings. The highest BCUT2D eigenvalue weighted by atomic mass is 32.2. The summed E-state index contributed by atoms with van der Waals surface area (Å²) in [5.74, 6) is 0.929. The predicted molar refractivity (Wildman–Crippen MR) is 76.9 cm³/mol. The molecule has 0 saturated heterocycles. The van der Waals surface area contributed by atoms with Crippen molar-refractivity contribution in [2.24, 2.45) is 0 Å². The molecule has 0 radical (unpaired) electrons. The van der Waals surface area contributed by atoms with Crippen molar-refractivity contribution < 1.29 is 4.74 Å². The Morgan fingerprint density at radius 2 is 2.24 bits per heavy atom. The van der Waals surface area contributed by atoms with Gasteiger partial charge in [0.1, 0.15) is 0 Å². The van der Waals surface area contributed by atoms with Crippen LogP contribution in [0.15, 0.2) is 41.8 Å². The number of thioether (sulfide) groups is 1. The smallest absolute Gasteiger partial charge is 0.0664 e. The molecule has 0 aliphatic rings. The topological polar surface area (TPSA) is 21.3 Å². The summed E-state index contributed by atoms with van der Waals surface area (Å²) < 4.78 is 5.40. The summed E-state index contributed by atoms with van der Waals surface area (Å²) in [5, 5.41) is 3.47. The Labute approximate surface area is 108 Å². The van der Waals surface area contributed by atoms with Crippen LogP contribution in [0.25, 0.3) is 0 Å². The van der Waals surface area contributed by atoms with Crippen molar-refractivity contribution in [2.45, 2.75) is 24.8 Å². The minimum Gasteiger partial charge on any atom is -0.380 e. The van der Waals surface area contributed by atoms with Crippen LogP contribution >= 0.6 is 11.8 Å². The summed E-state index contributed by atoms with van der Waals surface area (Å²) >= 11 is 1.79. The predicted octanol–water partition coefficient (Wildman–Crippen LogP) is 3.80. The maximum Gasteiger partial charge on any atom is 0.0664 e. The van der Waals surface area contributed by atoms with Crippen molar-refractivity contribution >= 4 is 17.4 Å². The van der Waals surface area contributed by atoms with E-state index in [1.807, 2.05) is 19.1 Å². The van der Waals surface area contributed by atoms with E-state index < -0.39 is 0 Å². The van der Waals surface area contributed by atoms with Crippen molar-refractivity contribution in [2.75, 3.05) is 24.3 Å². The van der Waals surface area contributed by atoms with E-state index in [2.05, 4.69) is 37.0 Å². The van der Waals surface area contributed by atoms with E-state index in [4.69, 9.17) is 4.74 Å². The van der Waals surface area contributed by atoms with Gasteiger partial charge in [0.05, 0.1) is 6.61 Å². The van der Waals surface area contributed by atoms with Gasteiger partial charge in [-0.05, 0) is 26.0 Å². The highest BCUT2D eigenvalue weighted by molar-refractivity contribution is 7.99. The standard InChI is InChI=1S/C14H21NOS/c1-4-10-17-14-9-7-6-8-13(14)15-12(3)11-16-5-2/h4,6-9,12,15H,1,5,10-11H2,2-3H3. The lowest BCUT2D eigenvalue weighted by Gasteiger charge is -2.17. The Bertz CT molecular complexity index is 341. The molecule has 1 aromatic rings. The van der Waals surface area contributed by atoms with Gasteiger partial charge in [-0.2, -0.15) is 0 Å². The quantitative estimate of drug-likeness (QED) is 0.561. The number of hydrogen-bond donors (Lipinski definition) is 1. The molecule has 17 heavy (non-hydrogen) atoms. The molecule has 1 atom stereocenters. The maximum absolute atomic E-state index is 5.40. The third kappa shape index (κ3) is 5.29. The van der Waals surface area contributed by atoms with Crippen LogP contribution in [0.4, 0.5) is 5.69 Å². The van der Waals surface area contributed by atoms with Gasteiger partial charge in [-0.25, -0.2) is 0 Å². The molecule has 0 bridgehead atoms. The molecule has 0 spiro atoms. The molecule has 0 amide bonds. The minimum atomic E-state index is 0.320. The Balaban J connectivity index is 2.59. The van der Waals surface area contributed by atoms with Gasteiger partial charge in [-0.15, -0.1) is 18.3 Å². The van der Waals surface area contributed by atoms with Crippen LogP contribution in [0.3, 0.4) is 0 Å². The third-order valence-corrected chi connectivity index (χ3v) is 3.29. The van der Waals surface area contributed by atoms with E-state index in [1.165, 1.54) is 10.6 Å². The molecule has 1 rings (SSSR count). The second kappa shape index (κ2) is 8.20. The van der Waals surface area contributed by atoms with Gasteiger partial charge in [-0.1, -0.05) is 18.2 Å². The van der Waals surface area contributed by atoms with E-state index in [9.17, 15) is 0 Å². The molecule has 94 valence electrons. The second-order valence-electron chi connectivity index (χ2n) is 3.80. The number of nitrogens with one attached hydrogen (secondary N) is 1. The van der Waals surface area contributed by atoms with Gasteiger partial charge in [0.15, 0.2) is 0 Å². The minimum absolute atomic E-state index is 0.320. The summed E-state index contributed by atoms with van der Waals surface area (Å²) in [5.41, 5.74) is 1.17. The molecule has 1 N–H and O–H groups in total. The van der Waals surface area contributed by atoms with E-state index >= 15 is 0 Å². The normalized spacial score (nSPS) is 12.1. The number of ether oxygens (including phenoxy) is 1. The Morgan fingerprint density at radius 1 is 1.47 bits per heavy atom. The van der Waals surface area contributed by atoms with Gasteiger partial charge in [0, 0.05) is 29.0 Å². The molecular weight excluding hydrogens is 230 g/mol. The van der Waals surface area contributed by atoms with E-state index in [-0.39, 0.29) is 0 Å². The fourth-order valence-electron chi connectivity index (χ4n) is 1.46. The monoisotopic (exact) mass is 251 g/mol. The molecule has 0 heterocycles. The fraction of sp³-hybridized carbons (Fsp3) is 0.429. The van der Waals surface area contributed by atoms with Crippen LogP contribution < -0.4 is 5.32 Å². The summed E-state index contributed by atoms with van der Waals surface area (Å²) in [6.45, 7) is 9.39. The van der Waals surface area contributed by atoms with Crippen molar-refractivity contribution in [3.63, 3.8) is 0 Å². The molecular formula is C14H21NOS. The lowest BCUT2D eigenvalue weighted by atomic mass is 10.3. The van der Waals surface area contributed by atoms with E-state index in [0.29, 0.717) is 6.04 Å². The van der Waals surface area contributed by atoms with Crippen molar-refractivity contribution in [1.29, 1.82) is 0 Å². The van der Waals surface area contributed by atoms with Crippen molar-refractivity contribution in [3.05, 3.63) is 36.9 Å². The van der Waals surface area contributed by atoms with Gasteiger partial charge in [-0.3, -0.25) is 0 Å². The van der Waals surface area contributed by atoms with Gasteiger partial charge in [0.25, 0.3) is 0 Å². The highest BCUT2D eigenvalue weighted by Crippen LogP contribution is 2.27. The van der Waals surface area contributed by atoms with Crippen LogP contribution in [-0.2, 0) is 4.74 Å². The van der Waals surface area contributed by atoms with E-state index in [0.717, 1.165) is 19.0 Å². The lowest BCUT2D eigenvalue weighted by molar-refractivity contribution is 0.141. The SMILES string of the molecule is C=CCSc1ccccc1NC(C)COCC. The molecule has 1 aromatic carbocycles. The number of para-hydroxylation sites is 1. The van der Waals surface area contributed by atoms with Gasteiger partial charge >= 0.3 is 0 Å². The Hall–Kier alpha value is -0.930. The van der Waals surface area contributed by atoms with Gasteiger partial charge < -0.3 is 10.1 Å². The number of anilines is 1. The summed E-state index contributed by atoms with van der Waals surface area (Å²) in [6, 6.07) is 8.66. The average molecular weight is 251 g/mol. The Morgan fingerprint density at radius 3 is 2.94 bits per heavy atom. The first-order valence-corrected chi connectivity index (χ1v) is 6.93. The molecule has 0 aromatic heterocycles. The highest BCUT2D eigenvalue weighted by Gasteiger charge is 2.05. The molecule has 0 aliphatic heterocycles. The van der Waals surface area contributed by atoms with Gasteiger partial charge in [0.2, 0.25) is 0 Å². The second-order valence-corrected chi connectivity index (χ2v) is 4.86. The molecule has 0 saturated carbocycles. The van der Waals surface area contributed by atoms with Crippen molar-refractivity contribution in [1.82, 2.24) is 0 Å². The summed E-state index contributed by atoms with van der Waals surface area (Å²) in [6.07, 6.45) is 1.92. The fourth-order valence-corrected chi connectivity index (χ4v) is 2.22. The number of benzene rings is 1. The first kappa shape index (κ1) is 14.1. The third-order valence-electron chi connectivity index (χ3n) is 2.22. The average Bonchev–Trinajstić information content (AvgIpc) is 2.35. The molecule has 2 nitrogen and oxygen atoms in total. The lowest BCUT2D eigenvalue weighted by Crippen LogP contribution is -2.21. The number of rotatable bonds is 8. The molecule has 0 aliphatic carbocycles. The largest absolute Gasteiger partial charge is 0.380 e. The van der Waals surface area contributed by atoms with Crippen molar-refractivity contribution in [3.8, 4) is 0 Å². The zero-order valence-electron chi connectivity index (χ0n) is 10.6. The molecule has 3 heteroatoms. The first-order valence-electron chi connectivity index (χ1n) is 5.95. The Kier molecular flexibility index (Phi) is 6.82. The van der Waals surface area contributed by atoms with Crippen LogP contribution in [0.2, 0.25) is 0 Å². The first-order chi connectivity index (χ1) is 8.27. The van der Waals surface area contributed by atoms with Crippen LogP contribution in [-0.4, -0.2) is 25.0 Å². The molecule has 1 unspecified atom stereocenters.